The first-order chi connectivity index (χ1) is 11.7. The molecule has 0 amide bonds. The van der Waals surface area contributed by atoms with Gasteiger partial charge in [0.25, 0.3) is 5.19 Å². The zero-order valence-corrected chi connectivity index (χ0v) is 14.6. The zero-order chi connectivity index (χ0) is 16.3. The summed E-state index contributed by atoms with van der Waals surface area (Å²) in [6, 6.07) is 12.8. The van der Waals surface area contributed by atoms with Crippen molar-refractivity contribution >= 4 is 48.1 Å². The summed E-state index contributed by atoms with van der Waals surface area (Å²) in [5.74, 6) is 0. The fraction of sp³-hybridized carbons (Fsp3) is 0.118. The highest BCUT2D eigenvalue weighted by Crippen LogP contribution is 2.35. The van der Waals surface area contributed by atoms with Gasteiger partial charge in [-0.3, -0.25) is 0 Å². The van der Waals surface area contributed by atoms with Crippen LogP contribution in [0.2, 0.25) is 0 Å². The number of thiazole rings is 2. The second-order valence-electron chi connectivity index (χ2n) is 5.63. The van der Waals surface area contributed by atoms with Crippen LogP contribution in [0.4, 0.5) is 0 Å². The van der Waals surface area contributed by atoms with Crippen molar-refractivity contribution in [2.24, 2.45) is 0 Å². The highest BCUT2D eigenvalue weighted by atomic mass is 32.1. The Morgan fingerprint density at radius 3 is 2.54 bits per heavy atom. The van der Waals surface area contributed by atoms with Crippen LogP contribution in [0.1, 0.15) is 11.1 Å². The Bertz CT molecular complexity index is 1220. The standard InChI is InChI=1S/C17H12N4OS2/c1-9-5-3-7-11-13(9)18-17(24-11)22-15-19-20-16-21(15)14-10(2)6-4-8-12(14)23-16/h3-8H,1-2H3. The lowest BCUT2D eigenvalue weighted by atomic mass is 10.2. The molecule has 0 bridgehead atoms. The summed E-state index contributed by atoms with van der Waals surface area (Å²) in [7, 11) is 0. The van der Waals surface area contributed by atoms with Gasteiger partial charge in [0.15, 0.2) is 0 Å². The van der Waals surface area contributed by atoms with Crippen molar-refractivity contribution in [3.05, 3.63) is 47.5 Å². The molecule has 5 rings (SSSR count). The maximum Gasteiger partial charge on any atom is 0.330 e. The van der Waals surface area contributed by atoms with E-state index in [0.717, 1.165) is 26.3 Å². The van der Waals surface area contributed by atoms with Gasteiger partial charge in [0, 0.05) is 0 Å². The third-order valence-electron chi connectivity index (χ3n) is 4.01. The Hall–Kier alpha value is -2.51. The third kappa shape index (κ3) is 1.95. The fourth-order valence-electron chi connectivity index (χ4n) is 2.87. The molecule has 0 aliphatic carbocycles. The molecule has 7 heteroatoms. The first-order valence-electron chi connectivity index (χ1n) is 7.48. The average Bonchev–Trinajstić information content (AvgIpc) is 3.22. The summed E-state index contributed by atoms with van der Waals surface area (Å²) < 4.78 is 10.2. The predicted octanol–water partition coefficient (Wildman–Crippen LogP) is 4.96. The molecule has 0 saturated carbocycles. The van der Waals surface area contributed by atoms with Crippen molar-refractivity contribution in [3.63, 3.8) is 0 Å². The average molecular weight is 352 g/mol. The Kier molecular flexibility index (Phi) is 2.89. The Morgan fingerprint density at radius 1 is 0.917 bits per heavy atom. The van der Waals surface area contributed by atoms with Gasteiger partial charge in [-0.2, -0.15) is 0 Å². The van der Waals surface area contributed by atoms with Crippen LogP contribution in [0.5, 0.6) is 11.2 Å². The van der Waals surface area contributed by atoms with Gasteiger partial charge in [0.1, 0.15) is 0 Å². The van der Waals surface area contributed by atoms with E-state index < -0.39 is 0 Å². The lowest BCUT2D eigenvalue weighted by Crippen LogP contribution is -1.91. The summed E-state index contributed by atoms with van der Waals surface area (Å²) in [5, 5.41) is 9.03. The number of rotatable bonds is 2. The molecule has 0 saturated heterocycles. The minimum atomic E-state index is 0.460. The monoisotopic (exact) mass is 352 g/mol. The molecule has 0 spiro atoms. The van der Waals surface area contributed by atoms with E-state index >= 15 is 0 Å². The van der Waals surface area contributed by atoms with Crippen LogP contribution in [-0.4, -0.2) is 19.6 Å². The number of hydrogen-bond donors (Lipinski definition) is 0. The summed E-state index contributed by atoms with van der Waals surface area (Å²) in [4.78, 5) is 5.42. The van der Waals surface area contributed by atoms with E-state index in [1.54, 1.807) is 11.3 Å². The van der Waals surface area contributed by atoms with Gasteiger partial charge in [0.05, 0.1) is 20.4 Å². The largest absolute Gasteiger partial charge is 0.395 e. The Balaban J connectivity index is 1.68. The first-order valence-corrected chi connectivity index (χ1v) is 9.11. The molecule has 0 aliphatic rings. The lowest BCUT2D eigenvalue weighted by molar-refractivity contribution is 0.437. The fourth-order valence-corrected chi connectivity index (χ4v) is 4.79. The Morgan fingerprint density at radius 2 is 1.71 bits per heavy atom. The molecule has 0 aliphatic heterocycles. The van der Waals surface area contributed by atoms with Crippen molar-refractivity contribution in [2.45, 2.75) is 13.8 Å². The zero-order valence-electron chi connectivity index (χ0n) is 13.0. The SMILES string of the molecule is Cc1cccc2sc(Oc3nnc4sc5cccc(C)c5n34)nc12. The lowest BCUT2D eigenvalue weighted by Gasteiger charge is -2.00. The molecule has 0 N–H and O–H groups in total. The predicted molar refractivity (Wildman–Crippen MR) is 97.5 cm³/mol. The van der Waals surface area contributed by atoms with Gasteiger partial charge in [-0.1, -0.05) is 52.0 Å². The van der Waals surface area contributed by atoms with Crippen LogP contribution in [-0.2, 0) is 0 Å². The number of para-hydroxylation sites is 2. The van der Waals surface area contributed by atoms with E-state index in [1.807, 2.05) is 10.5 Å². The quantitative estimate of drug-likeness (QED) is 0.450. The topological polar surface area (TPSA) is 52.3 Å². The Labute approximate surface area is 145 Å². The van der Waals surface area contributed by atoms with E-state index in [9.17, 15) is 0 Å². The number of hydrogen-bond acceptors (Lipinski definition) is 6. The van der Waals surface area contributed by atoms with E-state index in [2.05, 4.69) is 59.4 Å². The van der Waals surface area contributed by atoms with Gasteiger partial charge >= 0.3 is 6.01 Å². The summed E-state index contributed by atoms with van der Waals surface area (Å²) in [5.41, 5.74) is 4.38. The number of fused-ring (bicyclic) bond motifs is 4. The van der Waals surface area contributed by atoms with Crippen molar-refractivity contribution in [3.8, 4) is 11.2 Å². The van der Waals surface area contributed by atoms with E-state index in [4.69, 9.17) is 4.74 Å². The number of benzene rings is 2. The maximum atomic E-state index is 6.00. The molecule has 3 heterocycles. The van der Waals surface area contributed by atoms with E-state index in [-0.39, 0.29) is 0 Å². The number of nitrogens with zero attached hydrogens (tertiary/aromatic N) is 4. The molecule has 0 atom stereocenters. The van der Waals surface area contributed by atoms with Gasteiger partial charge < -0.3 is 4.74 Å². The highest BCUT2D eigenvalue weighted by Gasteiger charge is 2.17. The van der Waals surface area contributed by atoms with Crippen LogP contribution in [0.25, 0.3) is 25.4 Å². The molecular formula is C17H12N4OS2. The molecule has 0 radical (unpaired) electrons. The molecular weight excluding hydrogens is 340 g/mol. The molecule has 0 unspecified atom stereocenters. The smallest absolute Gasteiger partial charge is 0.330 e. The molecule has 5 aromatic rings. The van der Waals surface area contributed by atoms with Crippen molar-refractivity contribution in [2.75, 3.05) is 0 Å². The molecule has 118 valence electrons. The van der Waals surface area contributed by atoms with Gasteiger partial charge in [-0.25, -0.2) is 9.38 Å². The van der Waals surface area contributed by atoms with E-state index in [1.165, 1.54) is 21.6 Å². The maximum absolute atomic E-state index is 6.00. The van der Waals surface area contributed by atoms with Gasteiger partial charge in [0.2, 0.25) is 4.96 Å². The summed E-state index contributed by atoms with van der Waals surface area (Å²) >= 11 is 3.13. The molecule has 5 nitrogen and oxygen atoms in total. The molecule has 2 aromatic carbocycles. The van der Waals surface area contributed by atoms with Crippen LogP contribution in [0.3, 0.4) is 0 Å². The number of aryl methyl sites for hydroxylation is 2. The normalized spacial score (nSPS) is 11.8. The molecule has 0 fully saturated rings. The van der Waals surface area contributed by atoms with Gasteiger partial charge in [-0.05, 0) is 37.1 Å². The van der Waals surface area contributed by atoms with Crippen LogP contribution in [0, 0.1) is 13.8 Å². The van der Waals surface area contributed by atoms with Crippen molar-refractivity contribution < 1.29 is 4.74 Å². The van der Waals surface area contributed by atoms with Crippen molar-refractivity contribution in [1.29, 1.82) is 0 Å². The second-order valence-corrected chi connectivity index (χ2v) is 7.63. The van der Waals surface area contributed by atoms with E-state index in [0.29, 0.717) is 11.2 Å². The highest BCUT2D eigenvalue weighted by molar-refractivity contribution is 7.23. The minimum absolute atomic E-state index is 0.460. The first kappa shape index (κ1) is 13.9. The second kappa shape index (κ2) is 4.99. The van der Waals surface area contributed by atoms with Crippen LogP contribution < -0.4 is 4.74 Å². The summed E-state index contributed by atoms with van der Waals surface area (Å²) in [6.45, 7) is 4.14. The molecule has 3 aromatic heterocycles. The number of ether oxygens (including phenoxy) is 1. The van der Waals surface area contributed by atoms with Crippen molar-refractivity contribution in [1.82, 2.24) is 19.6 Å². The number of aromatic nitrogens is 4. The van der Waals surface area contributed by atoms with Crippen LogP contribution in [0.15, 0.2) is 36.4 Å². The van der Waals surface area contributed by atoms with Gasteiger partial charge in [-0.15, -0.1) is 5.10 Å². The third-order valence-corrected chi connectivity index (χ3v) is 5.90. The minimum Gasteiger partial charge on any atom is -0.395 e. The molecule has 24 heavy (non-hydrogen) atoms. The summed E-state index contributed by atoms with van der Waals surface area (Å²) in [6.07, 6.45) is 0. The van der Waals surface area contributed by atoms with Crippen LogP contribution >= 0.6 is 22.7 Å².